The summed E-state index contributed by atoms with van der Waals surface area (Å²) in [7, 11) is 0. The van der Waals surface area contributed by atoms with Gasteiger partial charge in [-0.25, -0.2) is 4.98 Å². The first-order valence-corrected chi connectivity index (χ1v) is 9.34. The van der Waals surface area contributed by atoms with E-state index in [1.807, 2.05) is 0 Å². The van der Waals surface area contributed by atoms with Crippen LogP contribution in [0, 0.1) is 0 Å². The molecule has 0 aliphatic rings. The van der Waals surface area contributed by atoms with E-state index in [2.05, 4.69) is 15.6 Å². The number of hydrogen-bond donors (Lipinski definition) is 2. The average Bonchev–Trinajstić information content (AvgIpc) is 2.67. The molecule has 2 aromatic carbocycles. The van der Waals surface area contributed by atoms with Crippen molar-refractivity contribution in [3.8, 4) is 0 Å². The van der Waals surface area contributed by atoms with Crippen molar-refractivity contribution in [2.75, 3.05) is 10.6 Å². The number of aromatic nitrogens is 1. The molecule has 0 bridgehead atoms. The number of anilines is 2. The number of amides is 2. The highest BCUT2D eigenvalue weighted by atomic mass is 35.5. The van der Waals surface area contributed by atoms with E-state index in [4.69, 9.17) is 46.4 Å². The number of pyridine rings is 1. The number of hydrogen-bond acceptors (Lipinski definition) is 3. The third-order valence-corrected chi connectivity index (χ3v) is 5.13. The van der Waals surface area contributed by atoms with Crippen molar-refractivity contribution >= 4 is 69.7 Å². The summed E-state index contributed by atoms with van der Waals surface area (Å²) < 4.78 is 0. The molecule has 3 rings (SSSR count). The Morgan fingerprint density at radius 2 is 1.25 bits per heavy atom. The maximum absolute atomic E-state index is 12.5. The minimum absolute atomic E-state index is 0.173. The van der Waals surface area contributed by atoms with Crippen molar-refractivity contribution in [3.63, 3.8) is 0 Å². The van der Waals surface area contributed by atoms with Crippen molar-refractivity contribution in [1.29, 1.82) is 0 Å². The lowest BCUT2D eigenvalue weighted by molar-refractivity contribution is 0.101. The molecule has 0 saturated carbocycles. The Balaban J connectivity index is 1.80. The van der Waals surface area contributed by atoms with Gasteiger partial charge in [-0.1, -0.05) is 46.4 Å². The molecule has 0 unspecified atom stereocenters. The summed E-state index contributed by atoms with van der Waals surface area (Å²) in [5.74, 6) is -0.717. The molecule has 0 saturated heterocycles. The Kier molecular flexibility index (Phi) is 6.42. The molecule has 0 aliphatic carbocycles. The summed E-state index contributed by atoms with van der Waals surface area (Å²) >= 11 is 23.6. The highest BCUT2D eigenvalue weighted by molar-refractivity contribution is 6.42. The summed E-state index contributed by atoms with van der Waals surface area (Å²) in [6, 6.07) is 12.2. The van der Waals surface area contributed by atoms with Crippen LogP contribution >= 0.6 is 46.4 Å². The third-order valence-electron chi connectivity index (χ3n) is 3.65. The van der Waals surface area contributed by atoms with Gasteiger partial charge in [0.05, 0.1) is 25.8 Å². The number of benzene rings is 2. The first kappa shape index (κ1) is 20.4. The third kappa shape index (κ3) is 4.75. The maximum Gasteiger partial charge on any atom is 0.256 e. The lowest BCUT2D eigenvalue weighted by Crippen LogP contribution is -2.17. The second-order valence-electron chi connectivity index (χ2n) is 5.57. The van der Waals surface area contributed by atoms with E-state index in [0.717, 1.165) is 0 Å². The summed E-state index contributed by atoms with van der Waals surface area (Å²) in [5, 5.41) is 6.51. The van der Waals surface area contributed by atoms with Crippen LogP contribution in [-0.2, 0) is 0 Å². The van der Waals surface area contributed by atoms with Gasteiger partial charge in [-0.05, 0) is 48.5 Å². The van der Waals surface area contributed by atoms with Crippen LogP contribution in [-0.4, -0.2) is 16.8 Å². The summed E-state index contributed by atoms with van der Waals surface area (Å²) in [6.45, 7) is 0. The Bertz CT molecular complexity index is 988. The van der Waals surface area contributed by atoms with Crippen LogP contribution in [0.5, 0.6) is 0 Å². The van der Waals surface area contributed by atoms with Gasteiger partial charge in [0.15, 0.2) is 5.82 Å². The van der Waals surface area contributed by atoms with Crippen molar-refractivity contribution in [3.05, 3.63) is 85.9 Å². The molecule has 0 fully saturated rings. The van der Waals surface area contributed by atoms with Crippen LogP contribution in [0.25, 0.3) is 0 Å². The van der Waals surface area contributed by atoms with Gasteiger partial charge in [0.2, 0.25) is 0 Å². The van der Waals surface area contributed by atoms with Crippen molar-refractivity contribution in [2.24, 2.45) is 0 Å². The number of rotatable bonds is 4. The molecule has 9 heteroatoms. The quantitative estimate of drug-likeness (QED) is 0.492. The SMILES string of the molecule is O=C(Nc1cccnc1NC(=O)c1ccc(Cl)c(Cl)c1)c1ccc(Cl)c(Cl)c1. The van der Waals surface area contributed by atoms with Crippen LogP contribution in [0.1, 0.15) is 20.7 Å². The molecule has 2 amide bonds. The normalized spacial score (nSPS) is 10.4. The van der Waals surface area contributed by atoms with Gasteiger partial charge in [-0.3, -0.25) is 9.59 Å². The molecule has 2 N–H and O–H groups in total. The van der Waals surface area contributed by atoms with Gasteiger partial charge in [0.25, 0.3) is 11.8 Å². The molecule has 1 heterocycles. The second-order valence-corrected chi connectivity index (χ2v) is 7.19. The average molecular weight is 455 g/mol. The van der Waals surface area contributed by atoms with E-state index in [9.17, 15) is 9.59 Å². The van der Waals surface area contributed by atoms with Gasteiger partial charge in [-0.2, -0.15) is 0 Å². The molecule has 142 valence electrons. The van der Waals surface area contributed by atoms with Crippen molar-refractivity contribution < 1.29 is 9.59 Å². The zero-order valence-corrected chi connectivity index (χ0v) is 17.0. The van der Waals surface area contributed by atoms with E-state index < -0.39 is 11.8 Å². The van der Waals surface area contributed by atoms with Crippen LogP contribution in [0.3, 0.4) is 0 Å². The minimum Gasteiger partial charge on any atom is -0.319 e. The Labute approximate surface area is 180 Å². The zero-order chi connectivity index (χ0) is 20.3. The summed E-state index contributed by atoms with van der Waals surface area (Å²) in [5.41, 5.74) is 0.911. The molecule has 3 aromatic rings. The summed E-state index contributed by atoms with van der Waals surface area (Å²) in [6.07, 6.45) is 1.49. The maximum atomic E-state index is 12.5. The lowest BCUT2D eigenvalue weighted by Gasteiger charge is -2.12. The van der Waals surface area contributed by atoms with E-state index in [1.54, 1.807) is 12.1 Å². The van der Waals surface area contributed by atoms with Crippen molar-refractivity contribution in [2.45, 2.75) is 0 Å². The fourth-order valence-electron chi connectivity index (χ4n) is 2.25. The highest BCUT2D eigenvalue weighted by Gasteiger charge is 2.15. The molecule has 5 nitrogen and oxygen atoms in total. The standard InChI is InChI=1S/C19H11Cl4N3O2/c20-12-5-3-10(8-14(12)22)18(27)25-16-2-1-7-24-17(16)26-19(28)11-4-6-13(21)15(23)9-11/h1-9H,(H,25,27)(H,24,26,28). The first-order chi connectivity index (χ1) is 13.3. The second kappa shape index (κ2) is 8.80. The summed E-state index contributed by atoms with van der Waals surface area (Å²) in [4.78, 5) is 29.1. The van der Waals surface area contributed by atoms with E-state index in [-0.39, 0.29) is 15.9 Å². The molecule has 1 aromatic heterocycles. The Morgan fingerprint density at radius 1 is 0.714 bits per heavy atom. The first-order valence-electron chi connectivity index (χ1n) is 7.83. The van der Waals surface area contributed by atoms with E-state index in [1.165, 1.54) is 42.6 Å². The van der Waals surface area contributed by atoms with Gasteiger partial charge in [0.1, 0.15) is 0 Å². The lowest BCUT2D eigenvalue weighted by atomic mass is 10.2. The molecule has 0 radical (unpaired) electrons. The van der Waals surface area contributed by atoms with Gasteiger partial charge in [-0.15, -0.1) is 0 Å². The highest BCUT2D eigenvalue weighted by Crippen LogP contribution is 2.26. The fourth-order valence-corrected chi connectivity index (χ4v) is 2.85. The predicted molar refractivity (Wildman–Crippen MR) is 113 cm³/mol. The van der Waals surface area contributed by atoms with Gasteiger partial charge in [0, 0.05) is 17.3 Å². The predicted octanol–water partition coefficient (Wildman–Crippen LogP) is 6.20. The van der Waals surface area contributed by atoms with Crippen molar-refractivity contribution in [1.82, 2.24) is 4.98 Å². The smallest absolute Gasteiger partial charge is 0.256 e. The molecular formula is C19H11Cl4N3O2. The molecule has 0 atom stereocenters. The minimum atomic E-state index is -0.456. The fraction of sp³-hybridized carbons (Fsp3) is 0. The number of carbonyl (C=O) groups excluding carboxylic acids is 2. The molecule has 0 aliphatic heterocycles. The molecular weight excluding hydrogens is 444 g/mol. The number of carbonyl (C=O) groups is 2. The topological polar surface area (TPSA) is 71.1 Å². The van der Waals surface area contributed by atoms with E-state index >= 15 is 0 Å². The Hall–Kier alpha value is -2.31. The monoisotopic (exact) mass is 453 g/mol. The van der Waals surface area contributed by atoms with Gasteiger partial charge >= 0.3 is 0 Å². The number of nitrogens with one attached hydrogen (secondary N) is 2. The zero-order valence-electron chi connectivity index (χ0n) is 14.0. The van der Waals surface area contributed by atoms with Gasteiger partial charge < -0.3 is 10.6 Å². The molecule has 28 heavy (non-hydrogen) atoms. The van der Waals surface area contributed by atoms with E-state index in [0.29, 0.717) is 26.9 Å². The van der Waals surface area contributed by atoms with Crippen LogP contribution in [0.15, 0.2) is 54.7 Å². The van der Waals surface area contributed by atoms with Crippen LogP contribution in [0.2, 0.25) is 20.1 Å². The largest absolute Gasteiger partial charge is 0.319 e. The molecule has 0 spiro atoms. The van der Waals surface area contributed by atoms with Crippen LogP contribution in [0.4, 0.5) is 11.5 Å². The van der Waals surface area contributed by atoms with Crippen LogP contribution < -0.4 is 10.6 Å². The number of halogens is 4. The Morgan fingerprint density at radius 3 is 1.79 bits per heavy atom. The number of nitrogens with zero attached hydrogens (tertiary/aromatic N) is 1.